The molecular formula is C26H24N2O2. The molecule has 1 N–H and O–H groups in total. The number of rotatable bonds is 5. The molecule has 0 aromatic heterocycles. The Bertz CT molecular complexity index is 1150. The molecule has 3 aromatic carbocycles. The van der Waals surface area contributed by atoms with Crippen LogP contribution in [0.4, 0.5) is 11.4 Å². The highest BCUT2D eigenvalue weighted by molar-refractivity contribution is 6.46. The van der Waals surface area contributed by atoms with Crippen LogP contribution in [0.15, 0.2) is 78.5 Å². The molecule has 4 rings (SSSR count). The highest BCUT2D eigenvalue weighted by atomic mass is 16.2. The predicted octanol–water partition coefficient (Wildman–Crippen LogP) is 5.26. The van der Waals surface area contributed by atoms with E-state index in [1.807, 2.05) is 86.6 Å². The molecular weight excluding hydrogens is 372 g/mol. The van der Waals surface area contributed by atoms with E-state index < -0.39 is 0 Å². The minimum absolute atomic E-state index is 0.300. The van der Waals surface area contributed by atoms with Crippen molar-refractivity contribution >= 4 is 28.8 Å². The van der Waals surface area contributed by atoms with E-state index in [-0.39, 0.29) is 11.8 Å². The van der Waals surface area contributed by atoms with Gasteiger partial charge in [-0.15, -0.1) is 0 Å². The van der Waals surface area contributed by atoms with E-state index in [0.717, 1.165) is 28.8 Å². The van der Waals surface area contributed by atoms with Crippen molar-refractivity contribution in [2.75, 3.05) is 10.2 Å². The summed E-state index contributed by atoms with van der Waals surface area (Å²) in [5.74, 6) is -0.663. The predicted molar refractivity (Wildman–Crippen MR) is 121 cm³/mol. The molecule has 1 heterocycles. The lowest BCUT2D eigenvalue weighted by molar-refractivity contribution is -0.120. The standard InChI is InChI=1S/C26H24N2O2/c1-4-19-11-13-21(14-12-19)27-24-23(20-8-6-5-7-9-20)25(29)28(26(24)30)22-15-10-17(2)18(3)16-22/h5-16,27H,4H2,1-3H3. The van der Waals surface area contributed by atoms with Crippen LogP contribution < -0.4 is 10.2 Å². The Kier molecular flexibility index (Phi) is 5.23. The molecule has 1 aliphatic heterocycles. The normalized spacial score (nSPS) is 13.9. The molecule has 0 fully saturated rings. The van der Waals surface area contributed by atoms with Crippen molar-refractivity contribution in [2.45, 2.75) is 27.2 Å². The summed E-state index contributed by atoms with van der Waals surface area (Å²) in [5, 5.41) is 3.21. The fourth-order valence-electron chi connectivity index (χ4n) is 3.59. The zero-order valence-corrected chi connectivity index (χ0v) is 17.4. The van der Waals surface area contributed by atoms with Crippen LogP contribution in [0.2, 0.25) is 0 Å². The number of nitrogens with one attached hydrogen (secondary N) is 1. The van der Waals surface area contributed by atoms with E-state index >= 15 is 0 Å². The van der Waals surface area contributed by atoms with Gasteiger partial charge in [0.1, 0.15) is 5.70 Å². The summed E-state index contributed by atoms with van der Waals surface area (Å²) in [6, 6.07) is 22.9. The number of amides is 2. The maximum absolute atomic E-state index is 13.4. The fraction of sp³-hybridized carbons (Fsp3) is 0.154. The molecule has 0 aliphatic carbocycles. The van der Waals surface area contributed by atoms with Gasteiger partial charge in [-0.2, -0.15) is 0 Å². The zero-order valence-electron chi connectivity index (χ0n) is 17.4. The van der Waals surface area contributed by atoms with Gasteiger partial charge in [-0.3, -0.25) is 9.59 Å². The maximum Gasteiger partial charge on any atom is 0.282 e. The Labute approximate surface area is 176 Å². The number of hydrogen-bond acceptors (Lipinski definition) is 3. The SMILES string of the molecule is CCc1ccc(NC2=C(c3ccccc3)C(=O)N(c3ccc(C)c(C)c3)C2=O)cc1. The lowest BCUT2D eigenvalue weighted by Crippen LogP contribution is -2.32. The van der Waals surface area contributed by atoms with Crippen LogP contribution in [0.25, 0.3) is 5.57 Å². The van der Waals surface area contributed by atoms with Crippen molar-refractivity contribution in [3.63, 3.8) is 0 Å². The van der Waals surface area contributed by atoms with Crippen LogP contribution in [0, 0.1) is 13.8 Å². The largest absolute Gasteiger partial charge is 0.350 e. The van der Waals surface area contributed by atoms with Crippen molar-refractivity contribution in [3.05, 3.63) is 101 Å². The van der Waals surface area contributed by atoms with Crippen molar-refractivity contribution in [2.24, 2.45) is 0 Å². The number of aryl methyl sites for hydroxylation is 3. The molecule has 3 aromatic rings. The molecule has 0 saturated heterocycles. The van der Waals surface area contributed by atoms with Crippen LogP contribution in [-0.4, -0.2) is 11.8 Å². The average Bonchev–Trinajstić information content (AvgIpc) is 3.01. The highest BCUT2D eigenvalue weighted by Gasteiger charge is 2.40. The summed E-state index contributed by atoms with van der Waals surface area (Å²) in [4.78, 5) is 28.1. The Morgan fingerprint density at radius 2 is 1.50 bits per heavy atom. The maximum atomic E-state index is 13.4. The van der Waals surface area contributed by atoms with E-state index in [2.05, 4.69) is 12.2 Å². The summed E-state index contributed by atoms with van der Waals surface area (Å²) in [5.41, 5.74) is 6.12. The monoisotopic (exact) mass is 396 g/mol. The quantitative estimate of drug-likeness (QED) is 0.598. The van der Waals surface area contributed by atoms with Gasteiger partial charge in [0.2, 0.25) is 0 Å². The summed E-state index contributed by atoms with van der Waals surface area (Å²) in [6.45, 7) is 6.08. The Balaban J connectivity index is 1.79. The van der Waals surface area contributed by atoms with E-state index in [0.29, 0.717) is 17.0 Å². The fourth-order valence-corrected chi connectivity index (χ4v) is 3.59. The first kappa shape index (κ1) is 19.6. The molecule has 0 spiro atoms. The molecule has 1 aliphatic rings. The first-order valence-corrected chi connectivity index (χ1v) is 10.1. The minimum Gasteiger partial charge on any atom is -0.350 e. The average molecular weight is 396 g/mol. The van der Waals surface area contributed by atoms with Crippen LogP contribution in [-0.2, 0) is 16.0 Å². The molecule has 0 bridgehead atoms. The lowest BCUT2D eigenvalue weighted by Gasteiger charge is -2.17. The van der Waals surface area contributed by atoms with E-state index in [4.69, 9.17) is 0 Å². The molecule has 0 atom stereocenters. The molecule has 2 amide bonds. The number of imide groups is 1. The van der Waals surface area contributed by atoms with E-state index in [1.54, 1.807) is 0 Å². The van der Waals surface area contributed by atoms with Gasteiger partial charge >= 0.3 is 0 Å². The second-order valence-corrected chi connectivity index (χ2v) is 7.51. The van der Waals surface area contributed by atoms with Crippen LogP contribution >= 0.6 is 0 Å². The van der Waals surface area contributed by atoms with Gasteiger partial charge in [0.15, 0.2) is 0 Å². The number of benzene rings is 3. The van der Waals surface area contributed by atoms with Gasteiger partial charge in [-0.1, -0.05) is 55.5 Å². The number of hydrogen-bond donors (Lipinski definition) is 1. The number of nitrogens with zero attached hydrogens (tertiary/aromatic N) is 1. The number of anilines is 2. The van der Waals surface area contributed by atoms with Crippen LogP contribution in [0.1, 0.15) is 29.2 Å². The highest BCUT2D eigenvalue weighted by Crippen LogP contribution is 2.34. The van der Waals surface area contributed by atoms with Gasteiger partial charge in [0.25, 0.3) is 11.8 Å². The van der Waals surface area contributed by atoms with E-state index in [1.165, 1.54) is 10.5 Å². The molecule has 0 unspecified atom stereocenters. The van der Waals surface area contributed by atoms with Crippen molar-refractivity contribution < 1.29 is 9.59 Å². The van der Waals surface area contributed by atoms with Crippen LogP contribution in [0.3, 0.4) is 0 Å². The summed E-state index contributed by atoms with van der Waals surface area (Å²) in [7, 11) is 0. The molecule has 30 heavy (non-hydrogen) atoms. The Morgan fingerprint density at radius 1 is 0.800 bits per heavy atom. The zero-order chi connectivity index (χ0) is 21.3. The van der Waals surface area contributed by atoms with Gasteiger partial charge < -0.3 is 5.32 Å². The van der Waals surface area contributed by atoms with Gasteiger partial charge in [0.05, 0.1) is 11.3 Å². The summed E-state index contributed by atoms with van der Waals surface area (Å²) < 4.78 is 0. The lowest BCUT2D eigenvalue weighted by atomic mass is 10.0. The smallest absolute Gasteiger partial charge is 0.282 e. The molecule has 4 heteroatoms. The van der Waals surface area contributed by atoms with Gasteiger partial charge in [0, 0.05) is 5.69 Å². The third kappa shape index (κ3) is 3.52. The summed E-state index contributed by atoms with van der Waals surface area (Å²) in [6.07, 6.45) is 0.941. The summed E-state index contributed by atoms with van der Waals surface area (Å²) >= 11 is 0. The Hall–Kier alpha value is -3.66. The molecule has 150 valence electrons. The number of carbonyl (C=O) groups is 2. The third-order valence-corrected chi connectivity index (χ3v) is 5.53. The van der Waals surface area contributed by atoms with Crippen molar-refractivity contribution in [1.82, 2.24) is 0 Å². The number of carbonyl (C=O) groups excluding carboxylic acids is 2. The van der Waals surface area contributed by atoms with Gasteiger partial charge in [-0.05, 0) is 66.8 Å². The second kappa shape index (κ2) is 7.99. The Morgan fingerprint density at radius 3 is 2.13 bits per heavy atom. The van der Waals surface area contributed by atoms with Crippen molar-refractivity contribution in [1.29, 1.82) is 0 Å². The minimum atomic E-state index is -0.346. The molecule has 0 radical (unpaired) electrons. The molecule has 4 nitrogen and oxygen atoms in total. The first-order chi connectivity index (χ1) is 14.5. The molecule has 0 saturated carbocycles. The second-order valence-electron chi connectivity index (χ2n) is 7.51. The van der Waals surface area contributed by atoms with E-state index in [9.17, 15) is 9.59 Å². The van der Waals surface area contributed by atoms with Gasteiger partial charge in [-0.25, -0.2) is 4.90 Å². The van der Waals surface area contributed by atoms with Crippen LogP contribution in [0.5, 0.6) is 0 Å². The van der Waals surface area contributed by atoms with Crippen molar-refractivity contribution in [3.8, 4) is 0 Å². The third-order valence-electron chi connectivity index (χ3n) is 5.53. The topological polar surface area (TPSA) is 49.4 Å². The first-order valence-electron chi connectivity index (χ1n) is 10.1.